The highest BCUT2D eigenvalue weighted by atomic mass is 19.4. The number of halogens is 4. The summed E-state index contributed by atoms with van der Waals surface area (Å²) in [6, 6.07) is 6.27. The highest BCUT2D eigenvalue weighted by Crippen LogP contribution is 2.30. The van der Waals surface area contributed by atoms with E-state index in [9.17, 15) is 22.7 Å². The lowest BCUT2D eigenvalue weighted by atomic mass is 9.84. The number of hydrogen-bond acceptors (Lipinski definition) is 7. The number of benzene rings is 1. The van der Waals surface area contributed by atoms with Crippen LogP contribution >= 0.6 is 0 Å². The van der Waals surface area contributed by atoms with Crippen LogP contribution in [0.5, 0.6) is 5.75 Å². The van der Waals surface area contributed by atoms with E-state index in [1.165, 1.54) is 18.2 Å². The van der Waals surface area contributed by atoms with Gasteiger partial charge in [0.15, 0.2) is 11.6 Å². The first kappa shape index (κ1) is 23.5. The van der Waals surface area contributed by atoms with Crippen molar-refractivity contribution in [1.29, 1.82) is 0 Å². The fourth-order valence-electron chi connectivity index (χ4n) is 4.37. The van der Waals surface area contributed by atoms with Gasteiger partial charge in [-0.25, -0.2) is 9.37 Å². The molecular formula is C22H27F4N5O2. The van der Waals surface area contributed by atoms with Crippen molar-refractivity contribution < 1.29 is 27.4 Å². The van der Waals surface area contributed by atoms with E-state index < -0.39 is 12.2 Å². The first-order chi connectivity index (χ1) is 15.8. The Morgan fingerprint density at radius 3 is 2.52 bits per heavy atom. The maximum atomic E-state index is 14.2. The van der Waals surface area contributed by atoms with E-state index in [0.29, 0.717) is 18.5 Å². The third-order valence-corrected chi connectivity index (χ3v) is 6.16. The van der Waals surface area contributed by atoms with Crippen LogP contribution in [-0.4, -0.2) is 58.1 Å². The van der Waals surface area contributed by atoms with Gasteiger partial charge in [-0.3, -0.25) is 4.90 Å². The molecule has 0 atom stereocenters. The summed E-state index contributed by atoms with van der Waals surface area (Å²) >= 11 is 0. The van der Waals surface area contributed by atoms with Gasteiger partial charge < -0.3 is 20.5 Å². The van der Waals surface area contributed by atoms with Gasteiger partial charge in [-0.05, 0) is 37.7 Å². The molecule has 2 aliphatic rings. The molecule has 33 heavy (non-hydrogen) atoms. The van der Waals surface area contributed by atoms with Gasteiger partial charge in [-0.2, -0.15) is 4.98 Å². The largest absolute Gasteiger partial charge is 0.573 e. The summed E-state index contributed by atoms with van der Waals surface area (Å²) in [5, 5.41) is 15.3. The smallest absolute Gasteiger partial charge is 0.405 e. The van der Waals surface area contributed by atoms with Crippen molar-refractivity contribution in [2.75, 3.05) is 30.3 Å². The maximum Gasteiger partial charge on any atom is 0.573 e. The molecule has 3 N–H and O–H groups in total. The minimum absolute atomic E-state index is 0.0213. The van der Waals surface area contributed by atoms with Crippen molar-refractivity contribution in [2.24, 2.45) is 5.92 Å². The van der Waals surface area contributed by atoms with Crippen LogP contribution in [0.1, 0.15) is 31.2 Å². The molecule has 0 bridgehead atoms. The number of anilines is 2. The number of likely N-dealkylation sites (tertiary alicyclic amines) is 1. The summed E-state index contributed by atoms with van der Waals surface area (Å²) in [7, 11) is 0. The van der Waals surface area contributed by atoms with Crippen LogP contribution in [0.3, 0.4) is 0 Å². The number of nitrogens with zero attached hydrogens (tertiary/aromatic N) is 3. The van der Waals surface area contributed by atoms with E-state index in [-0.39, 0.29) is 35.7 Å². The normalized spacial score (nSPS) is 22.0. The van der Waals surface area contributed by atoms with E-state index in [4.69, 9.17) is 0 Å². The second kappa shape index (κ2) is 10.1. The van der Waals surface area contributed by atoms with Gasteiger partial charge in [0, 0.05) is 37.8 Å². The molecule has 0 unspecified atom stereocenters. The van der Waals surface area contributed by atoms with Crippen LogP contribution in [-0.2, 0) is 6.54 Å². The number of β-amino-alcohol motifs (C(OH)–C–C–N with tert-alkyl or cyclic N) is 1. The fourth-order valence-corrected chi connectivity index (χ4v) is 4.37. The molecule has 0 amide bonds. The van der Waals surface area contributed by atoms with Crippen LogP contribution in [0.4, 0.5) is 29.3 Å². The highest BCUT2D eigenvalue weighted by Gasteiger charge is 2.33. The molecule has 0 spiro atoms. The molecule has 1 aromatic carbocycles. The van der Waals surface area contributed by atoms with Crippen LogP contribution in [0.15, 0.2) is 30.5 Å². The lowest BCUT2D eigenvalue weighted by Crippen LogP contribution is -2.56. The Morgan fingerprint density at radius 1 is 1.09 bits per heavy atom. The standard InChI is InChI=1S/C22H27F4N5O2/c23-18-11-29-21(28-10-15-3-1-2-4-19(15)33-22(24,25)26)30-20(18)27-9-14-5-7-16(8-6-14)31-12-17(32)13-31/h1-4,11,14,16-17,32H,5-10,12-13H2,(H2,27,28,29,30). The summed E-state index contributed by atoms with van der Waals surface area (Å²) in [4.78, 5) is 10.3. The number of alkyl halides is 3. The first-order valence-electron chi connectivity index (χ1n) is 11.0. The quantitative estimate of drug-likeness (QED) is 0.508. The van der Waals surface area contributed by atoms with Crippen LogP contribution in [0, 0.1) is 11.7 Å². The fraction of sp³-hybridized carbons (Fsp3) is 0.545. The Morgan fingerprint density at radius 2 is 1.82 bits per heavy atom. The van der Waals surface area contributed by atoms with Gasteiger partial charge in [0.05, 0.1) is 12.3 Å². The Balaban J connectivity index is 1.29. The number of para-hydroxylation sites is 1. The second-order valence-corrected chi connectivity index (χ2v) is 8.56. The number of ether oxygens (including phenoxy) is 1. The summed E-state index contributed by atoms with van der Waals surface area (Å²) in [6.07, 6.45) is 0.168. The molecule has 4 rings (SSSR count). The summed E-state index contributed by atoms with van der Waals surface area (Å²) in [6.45, 7) is 2.06. The van der Waals surface area contributed by atoms with E-state index in [1.807, 2.05) is 0 Å². The molecule has 2 heterocycles. The molecule has 1 saturated carbocycles. The predicted octanol–water partition coefficient (Wildman–Crippen LogP) is 3.77. The Bertz CT molecular complexity index is 931. The van der Waals surface area contributed by atoms with Gasteiger partial charge in [0.1, 0.15) is 5.75 Å². The lowest BCUT2D eigenvalue weighted by Gasteiger charge is -2.44. The van der Waals surface area contributed by atoms with E-state index in [1.54, 1.807) is 6.07 Å². The zero-order valence-corrected chi connectivity index (χ0v) is 18.0. The monoisotopic (exact) mass is 469 g/mol. The number of aliphatic hydroxyl groups is 1. The third-order valence-electron chi connectivity index (χ3n) is 6.16. The number of aromatic nitrogens is 2. The average molecular weight is 469 g/mol. The van der Waals surface area contributed by atoms with Crippen molar-refractivity contribution in [2.45, 2.75) is 50.7 Å². The molecule has 0 radical (unpaired) electrons. The Kier molecular flexibility index (Phi) is 7.18. The predicted molar refractivity (Wildman–Crippen MR) is 114 cm³/mol. The van der Waals surface area contributed by atoms with Crippen LogP contribution in [0.2, 0.25) is 0 Å². The third kappa shape index (κ3) is 6.44. The van der Waals surface area contributed by atoms with Crippen molar-refractivity contribution in [3.05, 3.63) is 41.8 Å². The molecule has 11 heteroatoms. The minimum atomic E-state index is -4.80. The highest BCUT2D eigenvalue weighted by molar-refractivity contribution is 5.42. The molecule has 1 aliphatic carbocycles. The van der Waals surface area contributed by atoms with Crippen LogP contribution < -0.4 is 15.4 Å². The average Bonchev–Trinajstić information content (AvgIpc) is 2.76. The number of hydrogen-bond donors (Lipinski definition) is 3. The Labute approximate surface area is 189 Å². The summed E-state index contributed by atoms with van der Waals surface area (Å²) < 4.78 is 56.0. The first-order valence-corrected chi connectivity index (χ1v) is 11.0. The molecule has 2 aromatic rings. The van der Waals surface area contributed by atoms with Crippen LogP contribution in [0.25, 0.3) is 0 Å². The second-order valence-electron chi connectivity index (χ2n) is 8.56. The molecule has 1 saturated heterocycles. The van der Waals surface area contributed by atoms with E-state index in [0.717, 1.165) is 45.0 Å². The zero-order valence-electron chi connectivity index (χ0n) is 18.0. The molecule has 180 valence electrons. The van der Waals surface area contributed by atoms with E-state index >= 15 is 0 Å². The number of nitrogens with one attached hydrogen (secondary N) is 2. The SMILES string of the molecule is OC1CN(C2CCC(CNc3nc(NCc4ccccc4OC(F)(F)F)ncc3F)CC2)C1. The molecule has 2 fully saturated rings. The summed E-state index contributed by atoms with van der Waals surface area (Å²) in [5.41, 5.74) is 0.267. The van der Waals surface area contributed by atoms with Crippen molar-refractivity contribution in [3.8, 4) is 5.75 Å². The minimum Gasteiger partial charge on any atom is -0.405 e. The maximum absolute atomic E-state index is 14.2. The lowest BCUT2D eigenvalue weighted by molar-refractivity contribution is -0.274. The van der Waals surface area contributed by atoms with Crippen molar-refractivity contribution in [1.82, 2.24) is 14.9 Å². The zero-order chi connectivity index (χ0) is 23.4. The van der Waals surface area contributed by atoms with Gasteiger partial charge >= 0.3 is 6.36 Å². The number of aliphatic hydroxyl groups excluding tert-OH is 1. The van der Waals surface area contributed by atoms with Gasteiger partial charge in [-0.1, -0.05) is 18.2 Å². The van der Waals surface area contributed by atoms with Crippen molar-refractivity contribution in [3.63, 3.8) is 0 Å². The molecule has 1 aromatic heterocycles. The molecule has 1 aliphatic heterocycles. The van der Waals surface area contributed by atoms with Gasteiger partial charge in [-0.15, -0.1) is 13.2 Å². The summed E-state index contributed by atoms with van der Waals surface area (Å²) in [5.74, 6) is -0.364. The molecule has 7 nitrogen and oxygen atoms in total. The Hall–Kier alpha value is -2.66. The number of rotatable bonds is 8. The molecular weight excluding hydrogens is 442 g/mol. The topological polar surface area (TPSA) is 82.5 Å². The van der Waals surface area contributed by atoms with Gasteiger partial charge in [0.25, 0.3) is 0 Å². The van der Waals surface area contributed by atoms with E-state index in [2.05, 4.69) is 30.2 Å². The van der Waals surface area contributed by atoms with Crippen molar-refractivity contribution >= 4 is 11.8 Å². The van der Waals surface area contributed by atoms with Gasteiger partial charge in [0.2, 0.25) is 5.95 Å².